The van der Waals surface area contributed by atoms with E-state index in [1.54, 1.807) is 11.8 Å². The SMILES string of the molecule is CC1(C)OCC([C@H]2OC(Sc3ccccc3)C3OC(C)(C)OC32)O1. The van der Waals surface area contributed by atoms with Crippen LogP contribution < -0.4 is 0 Å². The normalized spacial score (nSPS) is 39.9. The molecule has 6 heteroatoms. The van der Waals surface area contributed by atoms with E-state index in [2.05, 4.69) is 12.1 Å². The van der Waals surface area contributed by atoms with Gasteiger partial charge in [-0.3, -0.25) is 0 Å². The second-order valence-corrected chi connectivity index (χ2v) is 8.50. The molecule has 0 aliphatic carbocycles. The van der Waals surface area contributed by atoms with Crippen LogP contribution in [0.1, 0.15) is 27.7 Å². The van der Waals surface area contributed by atoms with Crippen LogP contribution in [0.15, 0.2) is 35.2 Å². The zero-order valence-corrected chi connectivity index (χ0v) is 15.2. The number of thioether (sulfide) groups is 1. The molecule has 5 atom stereocenters. The van der Waals surface area contributed by atoms with Gasteiger partial charge < -0.3 is 23.7 Å². The molecule has 0 bridgehead atoms. The third kappa shape index (κ3) is 3.23. The van der Waals surface area contributed by atoms with E-state index in [4.69, 9.17) is 23.7 Å². The van der Waals surface area contributed by atoms with E-state index < -0.39 is 11.6 Å². The van der Waals surface area contributed by atoms with Crippen molar-refractivity contribution in [3.63, 3.8) is 0 Å². The summed E-state index contributed by atoms with van der Waals surface area (Å²) in [5, 5.41) is 0. The molecule has 4 unspecified atom stereocenters. The van der Waals surface area contributed by atoms with Crippen molar-refractivity contribution in [1.29, 1.82) is 0 Å². The van der Waals surface area contributed by atoms with Gasteiger partial charge >= 0.3 is 0 Å². The fraction of sp³-hybridized carbons (Fsp3) is 0.667. The lowest BCUT2D eigenvalue weighted by Crippen LogP contribution is -2.40. The topological polar surface area (TPSA) is 46.2 Å². The predicted octanol–water partition coefficient (Wildman–Crippen LogP) is 3.18. The average Bonchev–Trinajstić information content (AvgIpc) is 3.12. The third-order valence-corrected chi connectivity index (χ3v) is 5.60. The Kier molecular flexibility index (Phi) is 4.18. The summed E-state index contributed by atoms with van der Waals surface area (Å²) in [7, 11) is 0. The van der Waals surface area contributed by atoms with E-state index >= 15 is 0 Å². The van der Waals surface area contributed by atoms with E-state index in [9.17, 15) is 0 Å². The first kappa shape index (κ1) is 16.8. The van der Waals surface area contributed by atoms with Crippen LogP contribution in [-0.2, 0) is 23.7 Å². The molecule has 3 heterocycles. The van der Waals surface area contributed by atoms with Gasteiger partial charge in [-0.25, -0.2) is 0 Å². The highest BCUT2D eigenvalue weighted by Gasteiger charge is 2.59. The summed E-state index contributed by atoms with van der Waals surface area (Å²) < 4.78 is 30.3. The number of fused-ring (bicyclic) bond motifs is 1. The van der Waals surface area contributed by atoms with E-state index in [1.165, 1.54) is 0 Å². The van der Waals surface area contributed by atoms with Gasteiger partial charge in [-0.1, -0.05) is 30.0 Å². The number of ether oxygens (including phenoxy) is 5. The van der Waals surface area contributed by atoms with Crippen molar-refractivity contribution in [1.82, 2.24) is 0 Å². The van der Waals surface area contributed by atoms with Crippen LogP contribution in [0.3, 0.4) is 0 Å². The number of hydrogen-bond acceptors (Lipinski definition) is 6. The lowest BCUT2D eigenvalue weighted by molar-refractivity contribution is -0.198. The van der Waals surface area contributed by atoms with Gasteiger partial charge in [0.1, 0.15) is 29.9 Å². The zero-order chi connectivity index (χ0) is 16.9. The number of rotatable bonds is 3. The smallest absolute Gasteiger partial charge is 0.164 e. The van der Waals surface area contributed by atoms with Gasteiger partial charge in [0.15, 0.2) is 11.6 Å². The molecule has 0 saturated carbocycles. The molecule has 0 N–H and O–H groups in total. The fourth-order valence-electron chi connectivity index (χ4n) is 3.50. The number of benzene rings is 1. The summed E-state index contributed by atoms with van der Waals surface area (Å²) >= 11 is 1.67. The largest absolute Gasteiger partial charge is 0.356 e. The van der Waals surface area contributed by atoms with Crippen molar-refractivity contribution in [2.75, 3.05) is 6.61 Å². The maximum atomic E-state index is 6.31. The van der Waals surface area contributed by atoms with E-state index in [-0.39, 0.29) is 29.9 Å². The summed E-state index contributed by atoms with van der Waals surface area (Å²) in [5.41, 5.74) is -0.128. The van der Waals surface area contributed by atoms with Crippen LogP contribution in [0.25, 0.3) is 0 Å². The molecular formula is C18H24O5S. The Morgan fingerprint density at radius 1 is 0.875 bits per heavy atom. The van der Waals surface area contributed by atoms with Crippen LogP contribution in [0.2, 0.25) is 0 Å². The highest BCUT2D eigenvalue weighted by molar-refractivity contribution is 7.99. The Labute approximate surface area is 146 Å². The molecular weight excluding hydrogens is 328 g/mol. The lowest BCUT2D eigenvalue weighted by atomic mass is 10.1. The Balaban J connectivity index is 1.54. The van der Waals surface area contributed by atoms with Crippen LogP contribution in [0.4, 0.5) is 0 Å². The van der Waals surface area contributed by atoms with Gasteiger partial charge in [0.25, 0.3) is 0 Å². The summed E-state index contributed by atoms with van der Waals surface area (Å²) in [6.45, 7) is 8.25. The molecule has 3 saturated heterocycles. The zero-order valence-electron chi connectivity index (χ0n) is 14.4. The molecule has 0 aromatic heterocycles. The lowest BCUT2D eigenvalue weighted by Gasteiger charge is -2.26. The maximum Gasteiger partial charge on any atom is 0.164 e. The van der Waals surface area contributed by atoms with Crippen molar-refractivity contribution < 1.29 is 23.7 Å². The third-order valence-electron chi connectivity index (χ3n) is 4.44. The predicted molar refractivity (Wildman–Crippen MR) is 89.7 cm³/mol. The molecule has 132 valence electrons. The quantitative estimate of drug-likeness (QED) is 0.833. The molecule has 3 aliphatic rings. The van der Waals surface area contributed by atoms with Crippen LogP contribution in [0, 0.1) is 0 Å². The minimum Gasteiger partial charge on any atom is -0.356 e. The van der Waals surface area contributed by atoms with E-state index in [0.717, 1.165) is 4.90 Å². The summed E-state index contributed by atoms with van der Waals surface area (Å²) in [6.07, 6.45) is -0.614. The Morgan fingerprint density at radius 3 is 2.25 bits per heavy atom. The standard InChI is InChI=1S/C18H24O5S/c1-17(2)19-10-12(21-17)13-14-15(23-18(3,4)22-14)16(20-13)24-11-8-6-5-7-9-11/h5-9,12-16H,10H2,1-4H3/t12?,13-,14?,15?,16?/m1/s1. The summed E-state index contributed by atoms with van der Waals surface area (Å²) in [6, 6.07) is 10.2. The fourth-order valence-corrected chi connectivity index (χ4v) is 4.61. The van der Waals surface area contributed by atoms with Gasteiger partial charge in [0, 0.05) is 4.90 Å². The molecule has 4 rings (SSSR count). The molecule has 0 radical (unpaired) electrons. The summed E-state index contributed by atoms with van der Waals surface area (Å²) in [4.78, 5) is 1.15. The highest BCUT2D eigenvalue weighted by Crippen LogP contribution is 2.46. The molecule has 5 nitrogen and oxygen atoms in total. The second kappa shape index (κ2) is 5.97. The molecule has 3 aliphatic heterocycles. The van der Waals surface area contributed by atoms with Crippen LogP contribution in [-0.4, -0.2) is 48.0 Å². The Bertz CT molecular complexity index is 590. The van der Waals surface area contributed by atoms with Gasteiger partial charge in [-0.2, -0.15) is 0 Å². The average molecular weight is 352 g/mol. The first-order valence-corrected chi connectivity index (χ1v) is 9.26. The van der Waals surface area contributed by atoms with Gasteiger partial charge in [-0.05, 0) is 39.8 Å². The van der Waals surface area contributed by atoms with Crippen LogP contribution in [0.5, 0.6) is 0 Å². The molecule has 3 fully saturated rings. The van der Waals surface area contributed by atoms with Crippen molar-refractivity contribution in [2.45, 2.75) is 74.0 Å². The van der Waals surface area contributed by atoms with Crippen molar-refractivity contribution in [2.24, 2.45) is 0 Å². The van der Waals surface area contributed by atoms with Crippen molar-refractivity contribution in [3.05, 3.63) is 30.3 Å². The number of hydrogen-bond donors (Lipinski definition) is 0. The highest BCUT2D eigenvalue weighted by atomic mass is 32.2. The first-order valence-electron chi connectivity index (χ1n) is 8.38. The first-order chi connectivity index (χ1) is 11.3. The molecule has 0 spiro atoms. The minimum absolute atomic E-state index is 0.123. The van der Waals surface area contributed by atoms with Crippen molar-refractivity contribution >= 4 is 11.8 Å². The van der Waals surface area contributed by atoms with Gasteiger partial charge in [-0.15, -0.1) is 0 Å². The molecule has 1 aromatic rings. The van der Waals surface area contributed by atoms with E-state index in [0.29, 0.717) is 6.61 Å². The molecule has 1 aromatic carbocycles. The monoisotopic (exact) mass is 352 g/mol. The van der Waals surface area contributed by atoms with Gasteiger partial charge in [0.05, 0.1) is 6.61 Å². The van der Waals surface area contributed by atoms with Crippen molar-refractivity contribution in [3.8, 4) is 0 Å². The molecule has 0 amide bonds. The molecule has 24 heavy (non-hydrogen) atoms. The maximum absolute atomic E-state index is 6.31. The minimum atomic E-state index is -0.609. The summed E-state index contributed by atoms with van der Waals surface area (Å²) in [5.74, 6) is -1.19. The second-order valence-electron chi connectivity index (χ2n) is 7.33. The Morgan fingerprint density at radius 2 is 1.58 bits per heavy atom. The Hall–Kier alpha value is -0.630. The van der Waals surface area contributed by atoms with E-state index in [1.807, 2.05) is 45.9 Å². The van der Waals surface area contributed by atoms with Gasteiger partial charge in [0.2, 0.25) is 0 Å². The van der Waals surface area contributed by atoms with Crippen LogP contribution >= 0.6 is 11.8 Å².